The molecule has 11 heteroatoms. The highest BCUT2D eigenvalue weighted by Gasteiger charge is 2.55. The molecule has 2 N–H and O–H groups in total. The molecule has 26 heavy (non-hydrogen) atoms. The van der Waals surface area contributed by atoms with E-state index >= 15 is 0 Å². The lowest BCUT2D eigenvalue weighted by molar-refractivity contribution is -0.277. The summed E-state index contributed by atoms with van der Waals surface area (Å²) in [7, 11) is 0. The van der Waals surface area contributed by atoms with E-state index in [1.165, 1.54) is 0 Å². The van der Waals surface area contributed by atoms with Crippen LogP contribution < -0.4 is 10.0 Å². The highest BCUT2D eigenvalue weighted by molar-refractivity contribution is 5.63. The van der Waals surface area contributed by atoms with Gasteiger partial charge in [-0.15, -0.1) is 5.92 Å². The molecule has 0 spiro atoms. The summed E-state index contributed by atoms with van der Waals surface area (Å²) in [6.07, 6.45) is -4.91. The maximum absolute atomic E-state index is 13.0. The van der Waals surface area contributed by atoms with Gasteiger partial charge >= 0.3 is 6.18 Å². The number of halogens is 3. The molecule has 1 amide bonds. The second kappa shape index (κ2) is 7.35. The summed E-state index contributed by atoms with van der Waals surface area (Å²) in [6, 6.07) is -0.600. The van der Waals surface area contributed by atoms with Gasteiger partial charge in [0.2, 0.25) is 11.5 Å². The molecule has 2 rings (SSSR count). The molecule has 0 radical (unpaired) electrons. The van der Waals surface area contributed by atoms with Crippen molar-refractivity contribution in [2.24, 2.45) is 0 Å². The average molecular weight is 373 g/mol. The lowest BCUT2D eigenvalue weighted by atomic mass is 9.97. The molecule has 1 aliphatic rings. The zero-order chi connectivity index (χ0) is 19.5. The largest absolute Gasteiger partial charge is 0.530 e. The van der Waals surface area contributed by atoms with Gasteiger partial charge < -0.3 is 29.9 Å². The molecular formula is C15H16F3N4O4-. The molecule has 1 saturated heterocycles. The van der Waals surface area contributed by atoms with Gasteiger partial charge in [-0.1, -0.05) is 5.92 Å². The van der Waals surface area contributed by atoms with Crippen molar-refractivity contribution in [3.05, 3.63) is 18.0 Å². The number of carbonyl (C=O) groups excluding carboxylic acids is 1. The summed E-state index contributed by atoms with van der Waals surface area (Å²) in [5.41, 5.74) is -4.18. The van der Waals surface area contributed by atoms with Gasteiger partial charge in [0.25, 0.3) is 0 Å². The first-order valence-corrected chi connectivity index (χ1v) is 7.51. The molecule has 1 aliphatic heterocycles. The first-order chi connectivity index (χ1) is 12.1. The van der Waals surface area contributed by atoms with Crippen LogP contribution in [0.4, 0.5) is 23.9 Å². The third kappa shape index (κ3) is 3.66. The highest BCUT2D eigenvalue weighted by atomic mass is 19.4. The predicted molar refractivity (Wildman–Crippen MR) is 80.6 cm³/mol. The number of nitrogens with zero attached hydrogens (tertiary/aromatic N) is 4. The first kappa shape index (κ1) is 19.7. The Morgan fingerprint density at radius 2 is 2.00 bits per heavy atom. The number of aliphatic hydroxyl groups is 2. The first-order valence-electron chi connectivity index (χ1n) is 7.51. The Balaban J connectivity index is 2.29. The number of anilines is 1. The van der Waals surface area contributed by atoms with Crippen LogP contribution in [0.3, 0.4) is 0 Å². The number of carboxylic acid groups (broad SMARTS) is 1. The Morgan fingerprint density at radius 3 is 2.46 bits per heavy atom. The number of aromatic nitrogens is 2. The van der Waals surface area contributed by atoms with Gasteiger partial charge in [-0.25, -0.2) is 9.97 Å². The predicted octanol–water partition coefficient (Wildman–Crippen LogP) is -0.924. The SMILES string of the molecule is CC#C[C@H]1CN(C(=O)[O-])CCN1c1ncc(C(O)(CO)C(F)(F)F)cn1. The van der Waals surface area contributed by atoms with Crippen LogP contribution in [0.2, 0.25) is 0 Å². The van der Waals surface area contributed by atoms with Crippen molar-refractivity contribution in [3.8, 4) is 11.8 Å². The fourth-order valence-corrected chi connectivity index (χ4v) is 2.51. The molecule has 1 unspecified atom stereocenters. The minimum Gasteiger partial charge on any atom is -0.530 e. The Bertz CT molecular complexity index is 716. The van der Waals surface area contributed by atoms with Gasteiger partial charge in [-0.2, -0.15) is 13.2 Å². The van der Waals surface area contributed by atoms with Crippen molar-refractivity contribution in [2.45, 2.75) is 24.7 Å². The third-order valence-electron chi connectivity index (χ3n) is 4.02. The molecule has 1 aromatic rings. The smallest absolute Gasteiger partial charge is 0.423 e. The van der Waals surface area contributed by atoms with Crippen LogP contribution in [0.25, 0.3) is 0 Å². The van der Waals surface area contributed by atoms with Crippen LogP contribution in [-0.2, 0) is 5.60 Å². The van der Waals surface area contributed by atoms with E-state index < -0.39 is 36.1 Å². The van der Waals surface area contributed by atoms with E-state index in [-0.39, 0.29) is 25.6 Å². The summed E-state index contributed by atoms with van der Waals surface area (Å²) in [5.74, 6) is 5.47. The van der Waals surface area contributed by atoms with Gasteiger partial charge in [0.1, 0.15) is 12.1 Å². The van der Waals surface area contributed by atoms with Gasteiger partial charge in [0, 0.05) is 31.0 Å². The number of aliphatic hydroxyl groups excluding tert-OH is 1. The van der Waals surface area contributed by atoms with Crippen molar-refractivity contribution < 1.29 is 33.3 Å². The highest BCUT2D eigenvalue weighted by Crippen LogP contribution is 2.38. The fraction of sp³-hybridized carbons (Fsp3) is 0.533. The number of hydrogen-bond acceptors (Lipinski definition) is 7. The fourth-order valence-electron chi connectivity index (χ4n) is 2.51. The van der Waals surface area contributed by atoms with E-state index in [0.717, 1.165) is 17.3 Å². The van der Waals surface area contributed by atoms with Gasteiger partial charge in [0.05, 0.1) is 13.2 Å². The number of piperazine rings is 1. The van der Waals surface area contributed by atoms with Crippen LogP contribution in [0.5, 0.6) is 0 Å². The molecule has 0 saturated carbocycles. The van der Waals surface area contributed by atoms with Crippen molar-refractivity contribution in [1.82, 2.24) is 14.9 Å². The monoisotopic (exact) mass is 373 g/mol. The zero-order valence-corrected chi connectivity index (χ0v) is 13.7. The van der Waals surface area contributed by atoms with Crippen LogP contribution >= 0.6 is 0 Å². The normalized spacial score (nSPS) is 20.2. The number of carbonyl (C=O) groups is 1. The molecular weight excluding hydrogens is 357 g/mol. The van der Waals surface area contributed by atoms with Crippen LogP contribution in [0.1, 0.15) is 12.5 Å². The molecule has 0 bridgehead atoms. The van der Waals surface area contributed by atoms with Crippen molar-refractivity contribution in [3.63, 3.8) is 0 Å². The van der Waals surface area contributed by atoms with Crippen molar-refractivity contribution in [2.75, 3.05) is 31.1 Å². The topological polar surface area (TPSA) is 113 Å². The molecule has 1 aromatic heterocycles. The van der Waals surface area contributed by atoms with Crippen molar-refractivity contribution in [1.29, 1.82) is 0 Å². The minimum absolute atomic E-state index is 0.0113. The van der Waals surface area contributed by atoms with Gasteiger partial charge in [-0.3, -0.25) is 0 Å². The lowest BCUT2D eigenvalue weighted by Crippen LogP contribution is -2.57. The summed E-state index contributed by atoms with van der Waals surface area (Å²) < 4.78 is 38.9. The average Bonchev–Trinajstić information content (AvgIpc) is 2.60. The maximum Gasteiger partial charge on any atom is 0.423 e. The lowest BCUT2D eigenvalue weighted by Gasteiger charge is -2.40. The van der Waals surface area contributed by atoms with Crippen LogP contribution in [0, 0.1) is 11.8 Å². The van der Waals surface area contributed by atoms with Crippen LogP contribution in [-0.4, -0.2) is 69.6 Å². The zero-order valence-electron chi connectivity index (χ0n) is 13.7. The summed E-state index contributed by atoms with van der Waals surface area (Å²) in [4.78, 5) is 21.3. The molecule has 8 nitrogen and oxygen atoms in total. The second-order valence-electron chi connectivity index (χ2n) is 5.60. The second-order valence-corrected chi connectivity index (χ2v) is 5.60. The third-order valence-corrected chi connectivity index (χ3v) is 4.02. The maximum atomic E-state index is 13.0. The van der Waals surface area contributed by atoms with E-state index in [0.29, 0.717) is 0 Å². The summed E-state index contributed by atoms with van der Waals surface area (Å²) in [5, 5.41) is 29.6. The van der Waals surface area contributed by atoms with Gasteiger partial charge in [-0.05, 0) is 6.92 Å². The Kier molecular flexibility index (Phi) is 5.58. The molecule has 2 heterocycles. The molecule has 0 aliphatic carbocycles. The number of amides is 1. The number of rotatable bonds is 3. The Labute approximate surface area is 146 Å². The molecule has 142 valence electrons. The van der Waals surface area contributed by atoms with E-state index in [1.807, 2.05) is 0 Å². The quantitative estimate of drug-likeness (QED) is 0.659. The molecule has 0 aromatic carbocycles. The standard InChI is InChI=1S/C15H17F3N4O4/c1-2-3-11-8-21(13(24)25)4-5-22(11)12-19-6-10(7-20-12)14(26,9-23)15(16,17)18/h6-7,11,23,26H,4-5,8-9H2,1H3,(H,24,25)/p-1/t11-,14?/m0/s1. The minimum atomic E-state index is -5.11. The van der Waals surface area contributed by atoms with Crippen molar-refractivity contribution >= 4 is 12.0 Å². The Morgan fingerprint density at radius 1 is 1.38 bits per heavy atom. The number of alkyl halides is 3. The molecule has 1 fully saturated rings. The summed E-state index contributed by atoms with van der Waals surface area (Å²) >= 11 is 0. The Hall–Kier alpha value is -2.58. The van der Waals surface area contributed by atoms with E-state index in [4.69, 9.17) is 5.11 Å². The molecule has 2 atom stereocenters. The van der Waals surface area contributed by atoms with E-state index in [1.54, 1.807) is 11.8 Å². The van der Waals surface area contributed by atoms with E-state index in [2.05, 4.69) is 21.8 Å². The van der Waals surface area contributed by atoms with Crippen LogP contribution in [0.15, 0.2) is 12.4 Å². The van der Waals surface area contributed by atoms with Gasteiger partial charge in [0.15, 0.2) is 0 Å². The van der Waals surface area contributed by atoms with E-state index in [9.17, 15) is 28.2 Å². The summed E-state index contributed by atoms with van der Waals surface area (Å²) in [6.45, 7) is 0.254. The number of hydrogen-bond donors (Lipinski definition) is 2.